The Hall–Kier alpha value is -3.67. The molecule has 0 bridgehead atoms. The number of hydrogen-bond donors (Lipinski definition) is 1. The minimum Gasteiger partial charge on any atom is -0.423 e. The summed E-state index contributed by atoms with van der Waals surface area (Å²) in [4.78, 5) is 23.5. The summed E-state index contributed by atoms with van der Waals surface area (Å²) in [5, 5.41) is 7.89. The molecule has 0 atom stereocenters. The van der Waals surface area contributed by atoms with Crippen LogP contribution in [0.3, 0.4) is 0 Å². The predicted octanol–water partition coefficient (Wildman–Crippen LogP) is 3.16. The van der Waals surface area contributed by atoms with Crippen molar-refractivity contribution in [2.45, 2.75) is 6.42 Å². The largest absolute Gasteiger partial charge is 0.423 e. The lowest BCUT2D eigenvalue weighted by Gasteiger charge is -2.05. The van der Waals surface area contributed by atoms with E-state index in [1.165, 1.54) is 6.07 Å². The number of benzene rings is 2. The minimum absolute atomic E-state index is 0.144. The van der Waals surface area contributed by atoms with Crippen LogP contribution in [0.5, 0.6) is 0 Å². The Labute approximate surface area is 148 Å². The number of rotatable bonds is 4. The number of aromatic nitrogens is 2. The number of fused-ring (bicyclic) bond motifs is 1. The molecule has 2 aromatic carbocycles. The van der Waals surface area contributed by atoms with Crippen molar-refractivity contribution in [1.82, 2.24) is 9.78 Å². The summed E-state index contributed by atoms with van der Waals surface area (Å²) in [6.07, 6.45) is 3.74. The topological polar surface area (TPSA) is 77.1 Å². The Morgan fingerprint density at radius 1 is 1.08 bits per heavy atom. The van der Waals surface area contributed by atoms with Crippen molar-refractivity contribution >= 4 is 22.6 Å². The van der Waals surface area contributed by atoms with Crippen LogP contribution in [-0.4, -0.2) is 15.7 Å². The van der Waals surface area contributed by atoms with Gasteiger partial charge in [-0.2, -0.15) is 5.10 Å². The van der Waals surface area contributed by atoms with Gasteiger partial charge >= 0.3 is 5.63 Å². The van der Waals surface area contributed by atoms with Crippen LogP contribution in [0.4, 0.5) is 5.69 Å². The zero-order valence-electron chi connectivity index (χ0n) is 13.8. The number of carbonyl (C=O) groups excluding carboxylic acids is 1. The third kappa shape index (κ3) is 3.39. The van der Waals surface area contributed by atoms with Gasteiger partial charge in [-0.3, -0.25) is 4.79 Å². The molecule has 0 aliphatic rings. The van der Waals surface area contributed by atoms with Crippen molar-refractivity contribution in [3.05, 3.63) is 89.0 Å². The van der Waals surface area contributed by atoms with Gasteiger partial charge in [-0.25, -0.2) is 9.48 Å². The van der Waals surface area contributed by atoms with Gasteiger partial charge in [0.25, 0.3) is 0 Å². The van der Waals surface area contributed by atoms with Crippen LogP contribution in [0, 0.1) is 0 Å². The third-order valence-corrected chi connectivity index (χ3v) is 3.92. The molecule has 0 spiro atoms. The highest BCUT2D eigenvalue weighted by Crippen LogP contribution is 2.18. The van der Waals surface area contributed by atoms with Gasteiger partial charge in [0.2, 0.25) is 5.91 Å². The van der Waals surface area contributed by atoms with Gasteiger partial charge < -0.3 is 9.73 Å². The molecular formula is C20H15N3O3. The molecule has 0 saturated carbocycles. The van der Waals surface area contributed by atoms with Crippen LogP contribution < -0.4 is 10.9 Å². The summed E-state index contributed by atoms with van der Waals surface area (Å²) in [7, 11) is 0. The molecule has 2 heterocycles. The number of nitrogens with zero attached hydrogens (tertiary/aromatic N) is 2. The van der Waals surface area contributed by atoms with Crippen LogP contribution in [0.25, 0.3) is 16.7 Å². The maximum atomic E-state index is 12.3. The Kier molecular flexibility index (Phi) is 4.07. The Morgan fingerprint density at radius 3 is 2.77 bits per heavy atom. The van der Waals surface area contributed by atoms with Crippen LogP contribution in [-0.2, 0) is 11.2 Å². The van der Waals surface area contributed by atoms with E-state index in [1.54, 1.807) is 35.1 Å². The minimum atomic E-state index is -0.398. The average Bonchev–Trinajstić information content (AvgIpc) is 3.11. The van der Waals surface area contributed by atoms with E-state index in [-0.39, 0.29) is 12.3 Å². The third-order valence-electron chi connectivity index (χ3n) is 3.92. The van der Waals surface area contributed by atoms with Gasteiger partial charge in [0.1, 0.15) is 5.58 Å². The molecule has 0 fully saturated rings. The van der Waals surface area contributed by atoms with Crippen LogP contribution in [0.1, 0.15) is 5.56 Å². The van der Waals surface area contributed by atoms with E-state index in [0.29, 0.717) is 11.3 Å². The lowest BCUT2D eigenvalue weighted by atomic mass is 10.2. The van der Waals surface area contributed by atoms with E-state index >= 15 is 0 Å². The second-order valence-corrected chi connectivity index (χ2v) is 5.86. The summed E-state index contributed by atoms with van der Waals surface area (Å²) < 4.78 is 6.82. The first-order valence-corrected chi connectivity index (χ1v) is 8.10. The lowest BCUT2D eigenvalue weighted by molar-refractivity contribution is -0.115. The van der Waals surface area contributed by atoms with E-state index in [9.17, 15) is 9.59 Å². The van der Waals surface area contributed by atoms with Crippen molar-refractivity contribution in [2.75, 3.05) is 5.32 Å². The first-order chi connectivity index (χ1) is 12.7. The number of nitrogens with one attached hydrogen (secondary N) is 1. The van der Waals surface area contributed by atoms with E-state index < -0.39 is 5.63 Å². The Balaban J connectivity index is 1.46. The molecule has 128 valence electrons. The summed E-state index contributed by atoms with van der Waals surface area (Å²) in [5.41, 5.74) is 2.49. The molecule has 1 amide bonds. The molecule has 0 aliphatic heterocycles. The quantitative estimate of drug-likeness (QED) is 0.576. The number of hydrogen-bond acceptors (Lipinski definition) is 4. The van der Waals surface area contributed by atoms with E-state index in [4.69, 9.17) is 4.42 Å². The number of anilines is 1. The standard InChI is InChI=1S/C20H15N3O3/c24-19(10-14-12-21-23(13-14)17-4-2-1-3-5-17)22-16-7-8-18-15(11-16)6-9-20(25)26-18/h1-9,11-13H,10H2,(H,22,24). The molecule has 6 nitrogen and oxygen atoms in total. The summed E-state index contributed by atoms with van der Waals surface area (Å²) in [5.74, 6) is -0.144. The van der Waals surface area contributed by atoms with Crippen LogP contribution in [0.15, 0.2) is 82.3 Å². The molecular weight excluding hydrogens is 330 g/mol. The van der Waals surface area contributed by atoms with E-state index in [0.717, 1.165) is 16.6 Å². The SMILES string of the molecule is O=C(Cc1cnn(-c2ccccc2)c1)Nc1ccc2oc(=O)ccc2c1. The Bertz CT molecular complexity index is 1130. The second kappa shape index (κ2) is 6.68. The molecule has 4 rings (SSSR count). The number of para-hydroxylation sites is 1. The van der Waals surface area contributed by atoms with Crippen molar-refractivity contribution in [2.24, 2.45) is 0 Å². The number of amides is 1. The molecule has 0 saturated heterocycles. The van der Waals surface area contributed by atoms with E-state index in [1.807, 2.05) is 36.5 Å². The van der Waals surface area contributed by atoms with Crippen molar-refractivity contribution in [1.29, 1.82) is 0 Å². The van der Waals surface area contributed by atoms with Gasteiger partial charge in [0.05, 0.1) is 18.3 Å². The molecule has 4 aromatic rings. The highest BCUT2D eigenvalue weighted by atomic mass is 16.4. The maximum Gasteiger partial charge on any atom is 0.336 e. The van der Waals surface area contributed by atoms with Gasteiger partial charge in [-0.05, 0) is 42.0 Å². The molecule has 2 aromatic heterocycles. The summed E-state index contributed by atoms with van der Waals surface area (Å²) in [6.45, 7) is 0. The first kappa shape index (κ1) is 15.8. The van der Waals surface area contributed by atoms with Crippen LogP contribution in [0.2, 0.25) is 0 Å². The smallest absolute Gasteiger partial charge is 0.336 e. The monoisotopic (exact) mass is 345 g/mol. The number of carbonyl (C=O) groups is 1. The fraction of sp³-hybridized carbons (Fsp3) is 0.0500. The first-order valence-electron chi connectivity index (χ1n) is 8.10. The highest BCUT2D eigenvalue weighted by molar-refractivity contribution is 5.94. The van der Waals surface area contributed by atoms with Gasteiger partial charge in [0, 0.05) is 23.3 Å². The predicted molar refractivity (Wildman–Crippen MR) is 98.4 cm³/mol. The molecule has 0 unspecified atom stereocenters. The molecule has 1 N–H and O–H groups in total. The lowest BCUT2D eigenvalue weighted by Crippen LogP contribution is -2.14. The zero-order valence-corrected chi connectivity index (χ0v) is 13.8. The van der Waals surface area contributed by atoms with Gasteiger partial charge in [-0.1, -0.05) is 18.2 Å². The van der Waals surface area contributed by atoms with Gasteiger partial charge in [-0.15, -0.1) is 0 Å². The molecule has 26 heavy (non-hydrogen) atoms. The summed E-state index contributed by atoms with van der Waals surface area (Å²) in [6, 6.07) is 17.9. The molecule has 6 heteroatoms. The fourth-order valence-corrected chi connectivity index (χ4v) is 2.71. The Morgan fingerprint density at radius 2 is 1.92 bits per heavy atom. The highest BCUT2D eigenvalue weighted by Gasteiger charge is 2.08. The zero-order chi connectivity index (χ0) is 17.9. The normalized spacial score (nSPS) is 10.8. The van der Waals surface area contributed by atoms with Crippen molar-refractivity contribution in [3.8, 4) is 5.69 Å². The van der Waals surface area contributed by atoms with Gasteiger partial charge in [0.15, 0.2) is 0 Å². The average molecular weight is 345 g/mol. The second-order valence-electron chi connectivity index (χ2n) is 5.86. The van der Waals surface area contributed by atoms with Crippen molar-refractivity contribution < 1.29 is 9.21 Å². The van der Waals surface area contributed by atoms with Crippen molar-refractivity contribution in [3.63, 3.8) is 0 Å². The van der Waals surface area contributed by atoms with Crippen LogP contribution >= 0.6 is 0 Å². The molecule has 0 radical (unpaired) electrons. The fourth-order valence-electron chi connectivity index (χ4n) is 2.71. The summed E-state index contributed by atoms with van der Waals surface area (Å²) >= 11 is 0. The van der Waals surface area contributed by atoms with E-state index in [2.05, 4.69) is 10.4 Å². The molecule has 0 aliphatic carbocycles. The maximum absolute atomic E-state index is 12.3.